The van der Waals surface area contributed by atoms with Gasteiger partial charge in [-0.05, 0) is 42.2 Å². The molecule has 0 unspecified atom stereocenters. The Kier molecular flexibility index (Phi) is 5.37. The molecule has 0 aliphatic rings. The van der Waals surface area contributed by atoms with Crippen molar-refractivity contribution >= 4 is 16.0 Å². The smallest absolute Gasteiger partial charge is 0.246 e. The van der Waals surface area contributed by atoms with Gasteiger partial charge in [0.1, 0.15) is 6.33 Å². The predicted molar refractivity (Wildman–Crippen MR) is 102 cm³/mol. The Balaban J connectivity index is 1.72. The molecule has 26 heavy (non-hydrogen) atoms. The van der Waals surface area contributed by atoms with E-state index >= 15 is 0 Å². The van der Waals surface area contributed by atoms with Gasteiger partial charge in [-0.25, -0.2) is 17.8 Å². The highest BCUT2D eigenvalue weighted by molar-refractivity contribution is 7.92. The van der Waals surface area contributed by atoms with Crippen LogP contribution in [0.3, 0.4) is 0 Å². The minimum atomic E-state index is -3.70. The third-order valence-corrected chi connectivity index (χ3v) is 5.47. The van der Waals surface area contributed by atoms with Crippen LogP contribution in [-0.2, 0) is 23.0 Å². The molecule has 0 radical (unpaired) electrons. The number of nitrogens with zero attached hydrogens (tertiary/aromatic N) is 3. The van der Waals surface area contributed by atoms with Gasteiger partial charge in [0.15, 0.2) is 0 Å². The Morgan fingerprint density at radius 1 is 1.08 bits per heavy atom. The van der Waals surface area contributed by atoms with Crippen LogP contribution in [-0.4, -0.2) is 23.2 Å². The molecule has 2 aromatic carbocycles. The lowest BCUT2D eigenvalue weighted by Crippen LogP contribution is -2.14. The molecule has 136 valence electrons. The molecule has 7 heteroatoms. The molecule has 0 saturated carbocycles. The van der Waals surface area contributed by atoms with E-state index in [1.54, 1.807) is 16.8 Å². The molecule has 0 fully saturated rings. The van der Waals surface area contributed by atoms with Crippen LogP contribution in [0.4, 0.5) is 5.95 Å². The molecule has 1 heterocycles. The van der Waals surface area contributed by atoms with E-state index in [4.69, 9.17) is 0 Å². The summed E-state index contributed by atoms with van der Waals surface area (Å²) in [6.07, 6.45) is 3.47. The van der Waals surface area contributed by atoms with Crippen molar-refractivity contribution in [3.8, 4) is 0 Å². The van der Waals surface area contributed by atoms with E-state index in [0.29, 0.717) is 6.54 Å². The van der Waals surface area contributed by atoms with Crippen LogP contribution in [0.15, 0.2) is 59.8 Å². The Bertz CT molecular complexity index is 979. The van der Waals surface area contributed by atoms with Crippen molar-refractivity contribution in [3.05, 3.63) is 71.5 Å². The molecular weight excluding hydrogens is 348 g/mol. The van der Waals surface area contributed by atoms with E-state index in [-0.39, 0.29) is 10.8 Å². The lowest BCUT2D eigenvalue weighted by atomic mass is 10.1. The first-order valence-electron chi connectivity index (χ1n) is 8.53. The van der Waals surface area contributed by atoms with Gasteiger partial charge in [-0.1, -0.05) is 49.7 Å². The standard InChI is InChI=1S/C19H22N4O2S/c1-3-6-16-9-11-18(12-10-16)26(24,25)22-19-20-14-23(21-19)13-17-8-5-4-7-15(17)2/h4-5,7-12,14H,3,6,13H2,1-2H3,(H,21,22). The topological polar surface area (TPSA) is 76.9 Å². The number of anilines is 1. The van der Waals surface area contributed by atoms with Crippen LogP contribution in [0.5, 0.6) is 0 Å². The zero-order chi connectivity index (χ0) is 18.6. The number of sulfonamides is 1. The maximum absolute atomic E-state index is 12.5. The summed E-state index contributed by atoms with van der Waals surface area (Å²) in [7, 11) is -3.70. The number of aryl methyl sites for hydroxylation is 2. The predicted octanol–water partition coefficient (Wildman–Crippen LogP) is 3.39. The normalized spacial score (nSPS) is 11.5. The van der Waals surface area contributed by atoms with E-state index < -0.39 is 10.0 Å². The van der Waals surface area contributed by atoms with Crippen LogP contribution in [0.2, 0.25) is 0 Å². The third kappa shape index (κ3) is 4.29. The molecule has 0 amide bonds. The summed E-state index contributed by atoms with van der Waals surface area (Å²) >= 11 is 0. The first-order valence-corrected chi connectivity index (χ1v) is 10.0. The number of aromatic nitrogens is 3. The highest BCUT2D eigenvalue weighted by atomic mass is 32.2. The third-order valence-electron chi connectivity index (χ3n) is 4.13. The van der Waals surface area contributed by atoms with Gasteiger partial charge < -0.3 is 0 Å². The Morgan fingerprint density at radius 2 is 1.81 bits per heavy atom. The van der Waals surface area contributed by atoms with Crippen molar-refractivity contribution in [2.24, 2.45) is 0 Å². The summed E-state index contributed by atoms with van der Waals surface area (Å²) in [5.41, 5.74) is 3.38. The van der Waals surface area contributed by atoms with Gasteiger partial charge in [0.2, 0.25) is 0 Å². The lowest BCUT2D eigenvalue weighted by Gasteiger charge is -2.06. The zero-order valence-electron chi connectivity index (χ0n) is 14.9. The minimum Gasteiger partial charge on any atom is -0.246 e. The molecule has 6 nitrogen and oxygen atoms in total. The fraction of sp³-hybridized carbons (Fsp3) is 0.263. The number of nitrogens with one attached hydrogen (secondary N) is 1. The van der Waals surface area contributed by atoms with Gasteiger partial charge in [-0.3, -0.25) is 0 Å². The molecule has 0 bridgehead atoms. The molecule has 0 aliphatic carbocycles. The van der Waals surface area contributed by atoms with Crippen molar-refractivity contribution in [1.29, 1.82) is 0 Å². The molecule has 0 saturated heterocycles. The molecule has 1 aromatic heterocycles. The molecule has 0 aliphatic heterocycles. The summed E-state index contributed by atoms with van der Waals surface area (Å²) in [4.78, 5) is 4.26. The van der Waals surface area contributed by atoms with Gasteiger partial charge in [-0.2, -0.15) is 4.98 Å². The maximum Gasteiger partial charge on any atom is 0.264 e. The van der Waals surface area contributed by atoms with E-state index in [9.17, 15) is 8.42 Å². The monoisotopic (exact) mass is 370 g/mol. The summed E-state index contributed by atoms with van der Waals surface area (Å²) in [5.74, 6) is 0.0659. The van der Waals surface area contributed by atoms with E-state index in [2.05, 4.69) is 21.7 Å². The molecule has 0 atom stereocenters. The largest absolute Gasteiger partial charge is 0.264 e. The number of hydrogen-bond acceptors (Lipinski definition) is 4. The molecular formula is C19H22N4O2S. The molecule has 3 aromatic rings. The van der Waals surface area contributed by atoms with Crippen LogP contribution >= 0.6 is 0 Å². The molecule has 0 spiro atoms. The highest BCUT2D eigenvalue weighted by Gasteiger charge is 2.16. The number of benzene rings is 2. The summed E-state index contributed by atoms with van der Waals surface area (Å²) in [5, 5.41) is 4.22. The van der Waals surface area contributed by atoms with Crippen molar-refractivity contribution < 1.29 is 8.42 Å². The van der Waals surface area contributed by atoms with Gasteiger partial charge in [-0.15, -0.1) is 5.10 Å². The van der Waals surface area contributed by atoms with E-state index in [0.717, 1.165) is 29.5 Å². The minimum absolute atomic E-state index is 0.0659. The average molecular weight is 370 g/mol. The number of hydrogen-bond donors (Lipinski definition) is 1. The van der Waals surface area contributed by atoms with Gasteiger partial charge in [0.05, 0.1) is 11.4 Å². The fourth-order valence-corrected chi connectivity index (χ4v) is 3.63. The summed E-state index contributed by atoms with van der Waals surface area (Å²) in [6, 6.07) is 14.9. The maximum atomic E-state index is 12.5. The van der Waals surface area contributed by atoms with Crippen molar-refractivity contribution in [1.82, 2.24) is 14.8 Å². The van der Waals surface area contributed by atoms with Gasteiger partial charge in [0.25, 0.3) is 16.0 Å². The molecule has 1 N–H and O–H groups in total. The SMILES string of the molecule is CCCc1ccc(S(=O)(=O)Nc2ncn(Cc3ccccc3C)n2)cc1. The van der Waals surface area contributed by atoms with Crippen molar-refractivity contribution in [2.45, 2.75) is 38.1 Å². The number of rotatable bonds is 7. The molecule has 3 rings (SSSR count). The van der Waals surface area contributed by atoms with Gasteiger partial charge in [0, 0.05) is 0 Å². The van der Waals surface area contributed by atoms with Crippen LogP contribution in [0.1, 0.15) is 30.0 Å². The Morgan fingerprint density at radius 3 is 2.50 bits per heavy atom. The average Bonchev–Trinajstić information content (AvgIpc) is 3.04. The fourth-order valence-electron chi connectivity index (χ4n) is 2.68. The van der Waals surface area contributed by atoms with Crippen molar-refractivity contribution in [3.63, 3.8) is 0 Å². The quantitative estimate of drug-likeness (QED) is 0.692. The second kappa shape index (κ2) is 7.70. The van der Waals surface area contributed by atoms with E-state index in [1.807, 2.05) is 43.3 Å². The van der Waals surface area contributed by atoms with Crippen LogP contribution in [0.25, 0.3) is 0 Å². The lowest BCUT2D eigenvalue weighted by molar-refractivity contribution is 0.600. The van der Waals surface area contributed by atoms with Crippen LogP contribution < -0.4 is 4.72 Å². The first-order chi connectivity index (χ1) is 12.5. The summed E-state index contributed by atoms with van der Waals surface area (Å²) in [6.45, 7) is 4.65. The highest BCUT2D eigenvalue weighted by Crippen LogP contribution is 2.15. The first kappa shape index (κ1) is 18.1. The Labute approximate surface area is 154 Å². The van der Waals surface area contributed by atoms with Crippen molar-refractivity contribution in [2.75, 3.05) is 4.72 Å². The zero-order valence-corrected chi connectivity index (χ0v) is 15.7. The second-order valence-corrected chi connectivity index (χ2v) is 7.87. The van der Waals surface area contributed by atoms with Gasteiger partial charge >= 0.3 is 0 Å². The second-order valence-electron chi connectivity index (χ2n) is 6.19. The van der Waals surface area contributed by atoms with Crippen LogP contribution in [0, 0.1) is 6.92 Å². The van der Waals surface area contributed by atoms with E-state index in [1.165, 1.54) is 6.33 Å². The summed E-state index contributed by atoms with van der Waals surface area (Å²) < 4.78 is 29.0. The Hall–Kier alpha value is -2.67.